The first-order valence-electron chi connectivity index (χ1n) is 10.0. The van der Waals surface area contributed by atoms with E-state index in [4.69, 9.17) is 9.47 Å². The van der Waals surface area contributed by atoms with Gasteiger partial charge in [-0.25, -0.2) is 0 Å². The molecule has 1 atom stereocenters. The minimum Gasteiger partial charge on any atom is -0.390 e. The lowest BCUT2D eigenvalue weighted by atomic mass is 9.78. The molecule has 0 radical (unpaired) electrons. The number of ether oxygens (including phenoxy) is 2. The van der Waals surface area contributed by atoms with Gasteiger partial charge in [-0.1, -0.05) is 38.1 Å². The maximum Gasteiger partial charge on any atom is 0.168 e. The molecule has 26 heavy (non-hydrogen) atoms. The van der Waals surface area contributed by atoms with Crippen LogP contribution in [-0.4, -0.2) is 36.3 Å². The molecule has 1 aromatic carbocycles. The first-order chi connectivity index (χ1) is 12.2. The van der Waals surface area contributed by atoms with Crippen molar-refractivity contribution in [3.05, 3.63) is 35.4 Å². The Morgan fingerprint density at radius 1 is 1.08 bits per heavy atom. The standard InChI is InChI=1S/C22H35NO3/c1-17-7-5-6-8-19(17)18(2)23-14-13-21(24)9-11-22(12-10-21)25-15-20(3,4)16-26-22/h5-8,18,23-24H,9-16H2,1-4H3/t18-/m0/s1. The van der Waals surface area contributed by atoms with Crippen molar-refractivity contribution in [2.45, 2.75) is 77.2 Å². The van der Waals surface area contributed by atoms with Crippen LogP contribution in [0.15, 0.2) is 24.3 Å². The van der Waals surface area contributed by atoms with Crippen LogP contribution < -0.4 is 5.32 Å². The van der Waals surface area contributed by atoms with Crippen molar-refractivity contribution in [1.82, 2.24) is 5.32 Å². The summed E-state index contributed by atoms with van der Waals surface area (Å²) < 4.78 is 12.2. The van der Waals surface area contributed by atoms with E-state index in [2.05, 4.69) is 57.3 Å². The van der Waals surface area contributed by atoms with Gasteiger partial charge in [-0.15, -0.1) is 0 Å². The second kappa shape index (κ2) is 7.59. The Morgan fingerprint density at radius 2 is 1.69 bits per heavy atom. The van der Waals surface area contributed by atoms with Crippen molar-refractivity contribution in [2.24, 2.45) is 5.41 Å². The molecule has 0 bridgehead atoms. The summed E-state index contributed by atoms with van der Waals surface area (Å²) in [4.78, 5) is 0. The van der Waals surface area contributed by atoms with Gasteiger partial charge in [0.15, 0.2) is 5.79 Å². The normalized spacial score (nSPS) is 25.1. The molecule has 0 aromatic heterocycles. The van der Waals surface area contributed by atoms with Gasteiger partial charge in [0, 0.05) is 24.3 Å². The van der Waals surface area contributed by atoms with Crippen LogP contribution in [0.2, 0.25) is 0 Å². The summed E-state index contributed by atoms with van der Waals surface area (Å²) in [5.74, 6) is -0.455. The highest BCUT2D eigenvalue weighted by atomic mass is 16.7. The van der Waals surface area contributed by atoms with E-state index in [-0.39, 0.29) is 5.41 Å². The van der Waals surface area contributed by atoms with Crippen LogP contribution in [0.1, 0.15) is 70.0 Å². The molecule has 1 aromatic rings. The van der Waals surface area contributed by atoms with Gasteiger partial charge in [-0.05, 0) is 50.8 Å². The predicted octanol–water partition coefficient (Wildman–Crippen LogP) is 4.11. The number of aryl methyl sites for hydroxylation is 1. The van der Waals surface area contributed by atoms with Crippen molar-refractivity contribution in [1.29, 1.82) is 0 Å². The number of hydrogen-bond donors (Lipinski definition) is 2. The molecule has 4 heteroatoms. The molecule has 1 heterocycles. The smallest absolute Gasteiger partial charge is 0.168 e. The summed E-state index contributed by atoms with van der Waals surface area (Å²) in [7, 11) is 0. The molecule has 3 rings (SSSR count). The van der Waals surface area contributed by atoms with Gasteiger partial charge >= 0.3 is 0 Å². The Hall–Kier alpha value is -0.940. The van der Waals surface area contributed by atoms with E-state index >= 15 is 0 Å². The van der Waals surface area contributed by atoms with Crippen molar-refractivity contribution in [2.75, 3.05) is 19.8 Å². The van der Waals surface area contributed by atoms with Gasteiger partial charge in [-0.2, -0.15) is 0 Å². The largest absolute Gasteiger partial charge is 0.390 e. The molecule has 2 aliphatic rings. The number of rotatable bonds is 5. The first kappa shape index (κ1) is 19.8. The van der Waals surface area contributed by atoms with E-state index in [1.807, 2.05) is 0 Å². The predicted molar refractivity (Wildman–Crippen MR) is 104 cm³/mol. The Bertz CT molecular complexity index is 593. The Labute approximate surface area is 158 Å². The summed E-state index contributed by atoms with van der Waals surface area (Å²) in [5.41, 5.74) is 2.12. The van der Waals surface area contributed by atoms with Gasteiger partial charge in [0.2, 0.25) is 0 Å². The highest BCUT2D eigenvalue weighted by molar-refractivity contribution is 5.28. The summed E-state index contributed by atoms with van der Waals surface area (Å²) in [6, 6.07) is 8.77. The van der Waals surface area contributed by atoms with Crippen molar-refractivity contribution >= 4 is 0 Å². The Kier molecular flexibility index (Phi) is 5.78. The molecule has 1 spiro atoms. The molecule has 1 saturated carbocycles. The van der Waals surface area contributed by atoms with Crippen LogP contribution in [0.25, 0.3) is 0 Å². The molecule has 146 valence electrons. The van der Waals surface area contributed by atoms with E-state index in [1.165, 1.54) is 11.1 Å². The zero-order chi connectivity index (χ0) is 18.8. The maximum atomic E-state index is 11.0. The molecule has 0 unspecified atom stereocenters. The first-order valence-corrected chi connectivity index (χ1v) is 10.0. The topological polar surface area (TPSA) is 50.7 Å². The number of aliphatic hydroxyl groups is 1. The van der Waals surface area contributed by atoms with Gasteiger partial charge in [-0.3, -0.25) is 0 Å². The second-order valence-corrected chi connectivity index (χ2v) is 9.16. The highest BCUT2D eigenvalue weighted by Crippen LogP contribution is 2.43. The highest BCUT2D eigenvalue weighted by Gasteiger charge is 2.46. The molecule has 1 aliphatic heterocycles. The summed E-state index contributed by atoms with van der Waals surface area (Å²) >= 11 is 0. The molecular formula is C22H35NO3. The molecule has 4 nitrogen and oxygen atoms in total. The lowest BCUT2D eigenvalue weighted by Gasteiger charge is -2.48. The van der Waals surface area contributed by atoms with E-state index in [9.17, 15) is 5.11 Å². The maximum absolute atomic E-state index is 11.0. The lowest BCUT2D eigenvalue weighted by Crippen LogP contribution is -2.52. The number of nitrogens with one attached hydrogen (secondary N) is 1. The van der Waals surface area contributed by atoms with Crippen LogP contribution in [0.5, 0.6) is 0 Å². The number of benzene rings is 1. The Morgan fingerprint density at radius 3 is 2.31 bits per heavy atom. The molecule has 2 fully saturated rings. The van der Waals surface area contributed by atoms with Crippen molar-refractivity contribution in [3.8, 4) is 0 Å². The van der Waals surface area contributed by atoms with Crippen LogP contribution in [-0.2, 0) is 9.47 Å². The van der Waals surface area contributed by atoms with Crippen molar-refractivity contribution in [3.63, 3.8) is 0 Å². The van der Waals surface area contributed by atoms with Gasteiger partial charge in [0.1, 0.15) is 0 Å². The van der Waals surface area contributed by atoms with E-state index in [0.717, 1.165) is 51.9 Å². The molecule has 1 aliphatic carbocycles. The minimum absolute atomic E-state index is 0.0919. The quantitative estimate of drug-likeness (QED) is 0.829. The van der Waals surface area contributed by atoms with Crippen molar-refractivity contribution < 1.29 is 14.6 Å². The molecular weight excluding hydrogens is 326 g/mol. The molecule has 2 N–H and O–H groups in total. The number of hydrogen-bond acceptors (Lipinski definition) is 4. The van der Waals surface area contributed by atoms with Crippen LogP contribution in [0.3, 0.4) is 0 Å². The van der Waals surface area contributed by atoms with Gasteiger partial charge < -0.3 is 19.9 Å². The van der Waals surface area contributed by atoms with E-state index < -0.39 is 11.4 Å². The third-order valence-corrected chi connectivity index (χ3v) is 6.09. The van der Waals surface area contributed by atoms with Crippen LogP contribution in [0, 0.1) is 12.3 Å². The van der Waals surface area contributed by atoms with Gasteiger partial charge in [0.25, 0.3) is 0 Å². The van der Waals surface area contributed by atoms with Gasteiger partial charge in [0.05, 0.1) is 18.8 Å². The van der Waals surface area contributed by atoms with E-state index in [0.29, 0.717) is 6.04 Å². The summed E-state index contributed by atoms with van der Waals surface area (Å²) in [5, 5.41) is 14.5. The fraction of sp³-hybridized carbons (Fsp3) is 0.727. The van der Waals surface area contributed by atoms with Crippen LogP contribution in [0.4, 0.5) is 0 Å². The average molecular weight is 362 g/mol. The van der Waals surface area contributed by atoms with Crippen LogP contribution >= 0.6 is 0 Å². The Balaban J connectivity index is 1.46. The lowest BCUT2D eigenvalue weighted by molar-refractivity contribution is -0.319. The zero-order valence-electron chi connectivity index (χ0n) is 16.8. The fourth-order valence-corrected chi connectivity index (χ4v) is 4.08. The summed E-state index contributed by atoms with van der Waals surface area (Å²) in [6.45, 7) is 11.0. The van der Waals surface area contributed by atoms with E-state index in [1.54, 1.807) is 0 Å². The SMILES string of the molecule is Cc1ccccc1[C@H](C)NCCC1(O)CCC2(CC1)OCC(C)(C)CO2. The molecule has 1 saturated heterocycles. The summed E-state index contributed by atoms with van der Waals surface area (Å²) in [6.07, 6.45) is 3.83. The fourth-order valence-electron chi connectivity index (χ4n) is 4.08. The third kappa shape index (κ3) is 4.66. The third-order valence-electron chi connectivity index (χ3n) is 6.09. The second-order valence-electron chi connectivity index (χ2n) is 9.16. The minimum atomic E-state index is -0.608. The monoisotopic (exact) mass is 361 g/mol. The average Bonchev–Trinajstić information content (AvgIpc) is 2.61. The molecule has 0 amide bonds. The zero-order valence-corrected chi connectivity index (χ0v) is 16.8.